The van der Waals surface area contributed by atoms with Crippen LogP contribution in [0.2, 0.25) is 0 Å². The van der Waals surface area contributed by atoms with E-state index in [1.807, 2.05) is 0 Å². The molecule has 1 saturated carbocycles. The molecular weight excluding hydrogens is 310 g/mol. The topological polar surface area (TPSA) is 89.7 Å². The first-order valence-electron chi connectivity index (χ1n) is 7.14. The SMILES string of the molecule is COc1cc(CC(=O)O)cc([N+](=O)[O-])c1C1(Cl)CCCCC1. The molecule has 120 valence electrons. The lowest BCUT2D eigenvalue weighted by Crippen LogP contribution is -2.24. The number of hydrogen-bond acceptors (Lipinski definition) is 4. The van der Waals surface area contributed by atoms with Crippen LogP contribution in [-0.2, 0) is 16.1 Å². The van der Waals surface area contributed by atoms with Crippen molar-refractivity contribution < 1.29 is 19.6 Å². The molecule has 1 fully saturated rings. The molecule has 0 aromatic heterocycles. The molecule has 1 N–H and O–H groups in total. The molecule has 0 aliphatic heterocycles. The Morgan fingerprint density at radius 2 is 2.05 bits per heavy atom. The summed E-state index contributed by atoms with van der Waals surface area (Å²) in [6.45, 7) is 0. The molecule has 22 heavy (non-hydrogen) atoms. The van der Waals surface area contributed by atoms with Crippen molar-refractivity contribution in [2.45, 2.75) is 43.4 Å². The van der Waals surface area contributed by atoms with Gasteiger partial charge >= 0.3 is 5.97 Å². The average Bonchev–Trinajstić information content (AvgIpc) is 2.46. The Bertz CT molecular complexity index is 596. The van der Waals surface area contributed by atoms with E-state index in [1.54, 1.807) is 0 Å². The van der Waals surface area contributed by atoms with Gasteiger partial charge in [0.25, 0.3) is 5.69 Å². The number of nitro groups is 1. The molecule has 0 unspecified atom stereocenters. The number of nitrogens with zero attached hydrogens (tertiary/aromatic N) is 1. The minimum absolute atomic E-state index is 0.160. The highest BCUT2D eigenvalue weighted by atomic mass is 35.5. The number of halogens is 1. The van der Waals surface area contributed by atoms with Gasteiger partial charge in [0.05, 0.1) is 28.9 Å². The van der Waals surface area contributed by atoms with Crippen molar-refractivity contribution in [3.8, 4) is 5.75 Å². The number of benzene rings is 1. The normalized spacial score (nSPS) is 17.0. The third-order valence-corrected chi connectivity index (χ3v) is 4.57. The number of carboxylic acid groups (broad SMARTS) is 1. The Morgan fingerprint density at radius 1 is 1.41 bits per heavy atom. The van der Waals surface area contributed by atoms with Gasteiger partial charge in [-0.05, 0) is 24.5 Å². The first-order valence-corrected chi connectivity index (χ1v) is 7.51. The molecule has 0 atom stereocenters. The Hall–Kier alpha value is -1.82. The number of carboxylic acids is 1. The van der Waals surface area contributed by atoms with Crippen molar-refractivity contribution >= 4 is 23.3 Å². The number of hydrogen-bond donors (Lipinski definition) is 1. The van der Waals surface area contributed by atoms with Crippen LogP contribution in [0.25, 0.3) is 0 Å². The molecule has 1 aliphatic carbocycles. The minimum Gasteiger partial charge on any atom is -0.496 e. The fraction of sp³-hybridized carbons (Fsp3) is 0.533. The van der Waals surface area contributed by atoms with E-state index < -0.39 is 15.8 Å². The Balaban J connectivity index is 2.59. The lowest BCUT2D eigenvalue weighted by atomic mass is 9.81. The van der Waals surface area contributed by atoms with Gasteiger partial charge in [-0.1, -0.05) is 19.3 Å². The van der Waals surface area contributed by atoms with E-state index in [0.29, 0.717) is 29.7 Å². The molecule has 7 heteroatoms. The molecule has 2 rings (SSSR count). The van der Waals surface area contributed by atoms with E-state index in [-0.39, 0.29) is 12.1 Å². The molecule has 0 radical (unpaired) electrons. The van der Waals surface area contributed by atoms with Gasteiger partial charge in [0, 0.05) is 6.07 Å². The van der Waals surface area contributed by atoms with Gasteiger partial charge in [0.15, 0.2) is 0 Å². The van der Waals surface area contributed by atoms with Crippen LogP contribution in [0.5, 0.6) is 5.75 Å². The maximum absolute atomic E-state index is 11.5. The van der Waals surface area contributed by atoms with E-state index in [4.69, 9.17) is 21.4 Å². The van der Waals surface area contributed by atoms with E-state index in [9.17, 15) is 14.9 Å². The molecule has 1 aliphatic rings. The maximum Gasteiger partial charge on any atom is 0.307 e. The van der Waals surface area contributed by atoms with Crippen molar-refractivity contribution in [3.63, 3.8) is 0 Å². The number of aliphatic carboxylic acids is 1. The zero-order chi connectivity index (χ0) is 16.3. The number of ether oxygens (including phenoxy) is 1. The zero-order valence-electron chi connectivity index (χ0n) is 12.3. The molecular formula is C15H18ClNO5. The number of nitro benzene ring substituents is 1. The summed E-state index contributed by atoms with van der Waals surface area (Å²) in [4.78, 5) is 21.0. The van der Waals surface area contributed by atoms with Crippen LogP contribution in [-0.4, -0.2) is 23.1 Å². The quantitative estimate of drug-likeness (QED) is 0.506. The second kappa shape index (κ2) is 6.52. The van der Waals surface area contributed by atoms with Crippen LogP contribution in [0, 0.1) is 10.1 Å². The Labute approximate surface area is 133 Å². The number of methoxy groups -OCH3 is 1. The summed E-state index contributed by atoms with van der Waals surface area (Å²) in [5, 5.41) is 20.3. The minimum atomic E-state index is -1.05. The van der Waals surface area contributed by atoms with Gasteiger partial charge in [-0.15, -0.1) is 11.6 Å². The molecule has 0 bridgehead atoms. The van der Waals surface area contributed by atoms with Crippen molar-refractivity contribution in [2.75, 3.05) is 7.11 Å². The van der Waals surface area contributed by atoms with Gasteiger partial charge in [-0.2, -0.15) is 0 Å². The van der Waals surface area contributed by atoms with Gasteiger partial charge in [0.1, 0.15) is 5.75 Å². The molecule has 0 heterocycles. The van der Waals surface area contributed by atoms with Gasteiger partial charge in [0.2, 0.25) is 0 Å². The van der Waals surface area contributed by atoms with Crippen LogP contribution < -0.4 is 4.74 Å². The Morgan fingerprint density at radius 3 is 2.55 bits per heavy atom. The van der Waals surface area contributed by atoms with Crippen LogP contribution in [0.15, 0.2) is 12.1 Å². The predicted octanol–water partition coefficient (Wildman–Crippen LogP) is 3.63. The van der Waals surface area contributed by atoms with E-state index >= 15 is 0 Å². The summed E-state index contributed by atoms with van der Waals surface area (Å²) in [6, 6.07) is 2.83. The smallest absolute Gasteiger partial charge is 0.307 e. The summed E-state index contributed by atoms with van der Waals surface area (Å²) in [5.74, 6) is -0.760. The van der Waals surface area contributed by atoms with Crippen molar-refractivity contribution in [3.05, 3.63) is 33.4 Å². The first kappa shape index (κ1) is 16.5. The van der Waals surface area contributed by atoms with Crippen LogP contribution in [0.1, 0.15) is 43.2 Å². The van der Waals surface area contributed by atoms with Crippen molar-refractivity contribution in [1.29, 1.82) is 0 Å². The molecule has 0 amide bonds. The van der Waals surface area contributed by atoms with Crippen molar-refractivity contribution in [2.24, 2.45) is 0 Å². The van der Waals surface area contributed by atoms with Crippen molar-refractivity contribution in [1.82, 2.24) is 0 Å². The highest BCUT2D eigenvalue weighted by Crippen LogP contribution is 2.50. The van der Waals surface area contributed by atoms with E-state index in [2.05, 4.69) is 0 Å². The summed E-state index contributed by atoms with van der Waals surface area (Å²) in [6.07, 6.45) is 3.85. The van der Waals surface area contributed by atoms with E-state index in [1.165, 1.54) is 19.2 Å². The summed E-state index contributed by atoms with van der Waals surface area (Å²) < 4.78 is 5.30. The van der Waals surface area contributed by atoms with E-state index in [0.717, 1.165) is 19.3 Å². The van der Waals surface area contributed by atoms with Gasteiger partial charge in [-0.25, -0.2) is 0 Å². The summed E-state index contributed by atoms with van der Waals surface area (Å²) in [5.41, 5.74) is 0.541. The van der Waals surface area contributed by atoms with Crippen LogP contribution >= 0.6 is 11.6 Å². The fourth-order valence-corrected chi connectivity index (χ4v) is 3.51. The lowest BCUT2D eigenvalue weighted by Gasteiger charge is -2.32. The largest absolute Gasteiger partial charge is 0.496 e. The molecule has 0 spiro atoms. The maximum atomic E-state index is 11.5. The average molecular weight is 328 g/mol. The number of rotatable bonds is 5. The highest BCUT2D eigenvalue weighted by Gasteiger charge is 2.40. The third-order valence-electron chi connectivity index (χ3n) is 4.01. The Kier molecular flexibility index (Phi) is 4.90. The lowest BCUT2D eigenvalue weighted by molar-refractivity contribution is -0.386. The second-order valence-electron chi connectivity index (χ2n) is 5.55. The molecule has 0 saturated heterocycles. The summed E-state index contributed by atoms with van der Waals surface area (Å²) >= 11 is 6.69. The zero-order valence-corrected chi connectivity index (χ0v) is 13.1. The monoisotopic (exact) mass is 327 g/mol. The molecule has 1 aromatic rings. The third kappa shape index (κ3) is 3.32. The fourth-order valence-electron chi connectivity index (χ4n) is 3.05. The summed E-state index contributed by atoms with van der Waals surface area (Å²) in [7, 11) is 1.41. The van der Waals surface area contributed by atoms with Gasteiger partial charge in [-0.3, -0.25) is 14.9 Å². The predicted molar refractivity (Wildman–Crippen MR) is 81.6 cm³/mol. The highest BCUT2D eigenvalue weighted by molar-refractivity contribution is 6.24. The van der Waals surface area contributed by atoms with Gasteiger partial charge < -0.3 is 9.84 Å². The first-order chi connectivity index (χ1) is 10.4. The second-order valence-corrected chi connectivity index (χ2v) is 6.27. The number of carbonyl (C=O) groups is 1. The molecule has 6 nitrogen and oxygen atoms in total. The number of alkyl halides is 1. The van der Waals surface area contributed by atoms with Crippen LogP contribution in [0.3, 0.4) is 0 Å². The van der Waals surface area contributed by atoms with Crippen LogP contribution in [0.4, 0.5) is 5.69 Å². The standard InChI is InChI=1S/C15H18ClNO5/c1-22-12-8-10(9-13(18)19)7-11(17(20)21)14(12)15(16)5-3-2-4-6-15/h7-8H,2-6,9H2,1H3,(H,18,19). The molecule has 1 aromatic carbocycles.